The van der Waals surface area contributed by atoms with E-state index in [1.807, 2.05) is 37.3 Å². The van der Waals surface area contributed by atoms with E-state index in [1.54, 1.807) is 43.4 Å². The second kappa shape index (κ2) is 11.0. The van der Waals surface area contributed by atoms with E-state index in [4.69, 9.17) is 17.0 Å². The zero-order valence-corrected chi connectivity index (χ0v) is 19.9. The van der Waals surface area contributed by atoms with Gasteiger partial charge in [0.2, 0.25) is 10.0 Å². The Morgan fingerprint density at radius 1 is 1.00 bits per heavy atom. The number of hydrogen-bond acceptors (Lipinski definition) is 5. The molecule has 0 aliphatic carbocycles. The van der Waals surface area contributed by atoms with Gasteiger partial charge in [0.05, 0.1) is 11.5 Å². The minimum absolute atomic E-state index is 0.0959. The molecule has 0 spiro atoms. The number of amides is 1. The van der Waals surface area contributed by atoms with Gasteiger partial charge >= 0.3 is 0 Å². The van der Waals surface area contributed by atoms with Crippen LogP contribution >= 0.6 is 12.2 Å². The van der Waals surface area contributed by atoms with Gasteiger partial charge in [0.15, 0.2) is 5.11 Å². The van der Waals surface area contributed by atoms with E-state index in [2.05, 4.69) is 10.6 Å². The first-order valence-corrected chi connectivity index (χ1v) is 12.1. The molecule has 0 fully saturated rings. The van der Waals surface area contributed by atoms with Crippen molar-refractivity contribution in [2.45, 2.75) is 18.4 Å². The predicted molar refractivity (Wildman–Crippen MR) is 133 cm³/mol. The normalized spacial score (nSPS) is 11.1. The minimum Gasteiger partial charge on any atom is -0.494 e. The van der Waals surface area contributed by atoms with Crippen LogP contribution in [0.2, 0.25) is 0 Å². The molecular formula is C24H25N3O4S2. The molecule has 0 radical (unpaired) electrons. The zero-order valence-electron chi connectivity index (χ0n) is 18.3. The molecule has 33 heavy (non-hydrogen) atoms. The topological polar surface area (TPSA) is 87.7 Å². The lowest BCUT2D eigenvalue weighted by molar-refractivity contribution is 0.0977. The SMILES string of the molecule is CCOc1cccc(C(=O)NC(=S)Nc2ccc(S(=O)(=O)N(C)Cc3ccccc3)cc2)c1. The Morgan fingerprint density at radius 2 is 1.70 bits per heavy atom. The molecule has 3 rings (SSSR count). The van der Waals surface area contributed by atoms with Crippen LogP contribution in [0.25, 0.3) is 0 Å². The quantitative estimate of drug-likeness (QED) is 0.471. The molecule has 1 amide bonds. The predicted octanol–water partition coefficient (Wildman–Crippen LogP) is 4.03. The van der Waals surface area contributed by atoms with Crippen molar-refractivity contribution in [3.8, 4) is 5.75 Å². The summed E-state index contributed by atoms with van der Waals surface area (Å²) in [6.45, 7) is 2.63. The van der Waals surface area contributed by atoms with E-state index in [1.165, 1.54) is 16.4 Å². The zero-order chi connectivity index (χ0) is 23.8. The molecule has 0 saturated carbocycles. The maximum Gasteiger partial charge on any atom is 0.257 e. The summed E-state index contributed by atoms with van der Waals surface area (Å²) < 4.78 is 32.4. The molecular weight excluding hydrogens is 458 g/mol. The van der Waals surface area contributed by atoms with Gasteiger partial charge in [-0.1, -0.05) is 36.4 Å². The highest BCUT2D eigenvalue weighted by atomic mass is 32.2. The second-order valence-electron chi connectivity index (χ2n) is 7.14. The first-order valence-electron chi connectivity index (χ1n) is 10.2. The lowest BCUT2D eigenvalue weighted by atomic mass is 10.2. The van der Waals surface area contributed by atoms with Gasteiger partial charge in [0.1, 0.15) is 5.75 Å². The van der Waals surface area contributed by atoms with Crippen molar-refractivity contribution in [2.75, 3.05) is 19.0 Å². The number of benzene rings is 3. The monoisotopic (exact) mass is 483 g/mol. The first kappa shape index (κ1) is 24.4. The van der Waals surface area contributed by atoms with Crippen LogP contribution in [0.5, 0.6) is 5.75 Å². The van der Waals surface area contributed by atoms with Gasteiger partial charge in [0.25, 0.3) is 5.91 Å². The van der Waals surface area contributed by atoms with E-state index in [0.29, 0.717) is 23.6 Å². The smallest absolute Gasteiger partial charge is 0.257 e. The third-order valence-electron chi connectivity index (χ3n) is 4.70. The van der Waals surface area contributed by atoms with Crippen molar-refractivity contribution in [1.29, 1.82) is 0 Å². The molecule has 9 heteroatoms. The highest BCUT2D eigenvalue weighted by molar-refractivity contribution is 7.89. The first-order chi connectivity index (χ1) is 15.8. The largest absolute Gasteiger partial charge is 0.494 e. The van der Waals surface area contributed by atoms with E-state index in [-0.39, 0.29) is 22.5 Å². The Kier molecular flexibility index (Phi) is 8.16. The van der Waals surface area contributed by atoms with Crippen molar-refractivity contribution in [3.05, 3.63) is 90.0 Å². The number of nitrogens with one attached hydrogen (secondary N) is 2. The standard InChI is InChI=1S/C24H25N3O4S2/c1-3-31-21-11-7-10-19(16-21)23(28)26-24(32)25-20-12-14-22(15-13-20)33(29,30)27(2)17-18-8-5-4-6-9-18/h4-16H,3,17H2,1-2H3,(H2,25,26,28,32). The van der Waals surface area contributed by atoms with E-state index in [0.717, 1.165) is 5.56 Å². The van der Waals surface area contributed by atoms with E-state index >= 15 is 0 Å². The molecule has 3 aromatic carbocycles. The van der Waals surface area contributed by atoms with Crippen LogP contribution in [-0.2, 0) is 16.6 Å². The fraction of sp³-hybridized carbons (Fsp3) is 0.167. The number of carbonyl (C=O) groups is 1. The summed E-state index contributed by atoms with van der Waals surface area (Å²) in [6.07, 6.45) is 0. The molecule has 0 aliphatic heterocycles. The molecule has 0 bridgehead atoms. The summed E-state index contributed by atoms with van der Waals surface area (Å²) in [4.78, 5) is 12.6. The molecule has 0 aliphatic rings. The third kappa shape index (κ3) is 6.61. The van der Waals surface area contributed by atoms with Gasteiger partial charge in [0, 0.05) is 24.8 Å². The van der Waals surface area contributed by atoms with Crippen LogP contribution in [0.1, 0.15) is 22.8 Å². The average molecular weight is 484 g/mol. The number of carbonyl (C=O) groups excluding carboxylic acids is 1. The van der Waals surface area contributed by atoms with Crippen molar-refractivity contribution in [2.24, 2.45) is 0 Å². The summed E-state index contributed by atoms with van der Waals surface area (Å²) in [7, 11) is -2.11. The Labute approximate surface area is 199 Å². The number of ether oxygens (including phenoxy) is 1. The number of anilines is 1. The van der Waals surface area contributed by atoms with Gasteiger partial charge in [-0.3, -0.25) is 10.1 Å². The molecule has 2 N–H and O–H groups in total. The van der Waals surface area contributed by atoms with Gasteiger partial charge in [-0.05, 0) is 67.2 Å². The Morgan fingerprint density at radius 3 is 2.36 bits per heavy atom. The summed E-state index contributed by atoms with van der Waals surface area (Å²) in [5.74, 6) is 0.217. The lowest BCUT2D eigenvalue weighted by Crippen LogP contribution is -2.34. The van der Waals surface area contributed by atoms with Crippen LogP contribution in [0, 0.1) is 0 Å². The Bertz CT molecular complexity index is 1210. The van der Waals surface area contributed by atoms with Crippen molar-refractivity contribution < 1.29 is 17.9 Å². The maximum absolute atomic E-state index is 12.9. The van der Waals surface area contributed by atoms with Crippen LogP contribution in [0.15, 0.2) is 83.8 Å². The van der Waals surface area contributed by atoms with Gasteiger partial charge in [-0.15, -0.1) is 0 Å². The third-order valence-corrected chi connectivity index (χ3v) is 6.72. The highest BCUT2D eigenvalue weighted by Gasteiger charge is 2.21. The molecule has 0 heterocycles. The highest BCUT2D eigenvalue weighted by Crippen LogP contribution is 2.19. The van der Waals surface area contributed by atoms with Gasteiger partial charge in [-0.25, -0.2) is 8.42 Å². The van der Waals surface area contributed by atoms with Gasteiger partial charge < -0.3 is 10.1 Å². The van der Waals surface area contributed by atoms with Crippen molar-refractivity contribution in [3.63, 3.8) is 0 Å². The molecule has 3 aromatic rings. The lowest BCUT2D eigenvalue weighted by Gasteiger charge is -2.18. The Hall–Kier alpha value is -3.27. The fourth-order valence-electron chi connectivity index (χ4n) is 3.05. The van der Waals surface area contributed by atoms with Crippen molar-refractivity contribution in [1.82, 2.24) is 9.62 Å². The molecule has 0 aromatic heterocycles. The Balaban J connectivity index is 1.61. The summed E-state index contributed by atoms with van der Waals surface area (Å²) in [5, 5.41) is 5.59. The van der Waals surface area contributed by atoms with E-state index < -0.39 is 10.0 Å². The molecule has 172 valence electrons. The molecule has 0 unspecified atom stereocenters. The summed E-state index contributed by atoms with van der Waals surface area (Å²) in [6, 6.07) is 22.3. The van der Waals surface area contributed by atoms with Crippen LogP contribution in [0.4, 0.5) is 5.69 Å². The van der Waals surface area contributed by atoms with Crippen LogP contribution in [-0.4, -0.2) is 37.4 Å². The number of thiocarbonyl (C=S) groups is 1. The number of sulfonamides is 1. The second-order valence-corrected chi connectivity index (χ2v) is 9.59. The molecule has 0 atom stereocenters. The van der Waals surface area contributed by atoms with E-state index in [9.17, 15) is 13.2 Å². The summed E-state index contributed by atoms with van der Waals surface area (Å²) in [5.41, 5.74) is 1.86. The van der Waals surface area contributed by atoms with Crippen LogP contribution < -0.4 is 15.4 Å². The number of nitrogens with zero attached hydrogens (tertiary/aromatic N) is 1. The van der Waals surface area contributed by atoms with Gasteiger partial charge in [-0.2, -0.15) is 4.31 Å². The van der Waals surface area contributed by atoms with Crippen LogP contribution in [0.3, 0.4) is 0 Å². The summed E-state index contributed by atoms with van der Waals surface area (Å²) >= 11 is 5.22. The maximum atomic E-state index is 12.9. The number of hydrogen-bond donors (Lipinski definition) is 2. The fourth-order valence-corrected chi connectivity index (χ4v) is 4.42. The molecule has 0 saturated heterocycles. The average Bonchev–Trinajstić information content (AvgIpc) is 2.80. The van der Waals surface area contributed by atoms with Crippen molar-refractivity contribution >= 4 is 38.9 Å². The molecule has 7 nitrogen and oxygen atoms in total. The number of rotatable bonds is 8. The minimum atomic E-state index is -3.66.